The maximum atomic E-state index is 5.60. The quantitative estimate of drug-likeness (QED) is 0.532. The SMILES string of the molecule is CO[C@@H]([C@H](OC)[C@@H](CN)OC)[C@H](CN)OC. The van der Waals surface area contributed by atoms with Crippen LogP contribution in [0.4, 0.5) is 0 Å². The van der Waals surface area contributed by atoms with Gasteiger partial charge in [0.25, 0.3) is 0 Å². The van der Waals surface area contributed by atoms with Crippen molar-refractivity contribution in [2.24, 2.45) is 11.5 Å². The summed E-state index contributed by atoms with van der Waals surface area (Å²) in [6, 6.07) is 0. The van der Waals surface area contributed by atoms with E-state index in [1.807, 2.05) is 0 Å². The molecule has 0 aromatic rings. The van der Waals surface area contributed by atoms with Crippen molar-refractivity contribution < 1.29 is 18.9 Å². The monoisotopic (exact) mass is 236 g/mol. The summed E-state index contributed by atoms with van der Waals surface area (Å²) in [5.41, 5.74) is 11.2. The molecule has 0 aliphatic heterocycles. The van der Waals surface area contributed by atoms with Gasteiger partial charge >= 0.3 is 0 Å². The van der Waals surface area contributed by atoms with E-state index in [4.69, 9.17) is 30.4 Å². The average Bonchev–Trinajstić information content (AvgIpc) is 2.33. The second kappa shape index (κ2) is 8.86. The van der Waals surface area contributed by atoms with E-state index >= 15 is 0 Å². The van der Waals surface area contributed by atoms with Gasteiger partial charge < -0.3 is 30.4 Å². The van der Waals surface area contributed by atoms with Gasteiger partial charge in [-0.15, -0.1) is 0 Å². The van der Waals surface area contributed by atoms with Gasteiger partial charge in [0.05, 0.1) is 12.2 Å². The van der Waals surface area contributed by atoms with Crippen LogP contribution in [0.15, 0.2) is 0 Å². The number of nitrogens with two attached hydrogens (primary N) is 2. The number of methoxy groups -OCH3 is 4. The third-order valence-electron chi connectivity index (χ3n) is 2.67. The van der Waals surface area contributed by atoms with Gasteiger partial charge in [0.15, 0.2) is 0 Å². The standard InChI is InChI=1S/C10H24N2O4/c1-13-7(5-11)9(15-3)10(16-4)8(6-12)14-2/h7-10H,5-6,11-12H2,1-4H3/t7-,8+,9-,10-/m1/s1. The van der Waals surface area contributed by atoms with E-state index in [1.165, 1.54) is 0 Å². The fourth-order valence-electron chi connectivity index (χ4n) is 1.72. The van der Waals surface area contributed by atoms with Gasteiger partial charge in [0.1, 0.15) is 12.2 Å². The van der Waals surface area contributed by atoms with Gasteiger partial charge in [-0.2, -0.15) is 0 Å². The van der Waals surface area contributed by atoms with Crippen molar-refractivity contribution in [3.05, 3.63) is 0 Å². The highest BCUT2D eigenvalue weighted by Gasteiger charge is 2.34. The predicted molar refractivity (Wildman–Crippen MR) is 61.3 cm³/mol. The van der Waals surface area contributed by atoms with Crippen LogP contribution in [0.25, 0.3) is 0 Å². The minimum Gasteiger partial charge on any atom is -0.377 e. The molecule has 6 heteroatoms. The van der Waals surface area contributed by atoms with E-state index in [1.54, 1.807) is 28.4 Å². The Labute approximate surface area is 97.2 Å². The first-order chi connectivity index (χ1) is 7.69. The topological polar surface area (TPSA) is 89.0 Å². The zero-order chi connectivity index (χ0) is 12.6. The van der Waals surface area contributed by atoms with Crippen molar-refractivity contribution in [2.45, 2.75) is 24.4 Å². The molecule has 0 saturated carbocycles. The first kappa shape index (κ1) is 15.8. The smallest absolute Gasteiger partial charge is 0.113 e. The molecule has 0 aliphatic carbocycles. The number of hydrogen-bond donors (Lipinski definition) is 2. The molecule has 0 heterocycles. The fraction of sp³-hybridized carbons (Fsp3) is 1.00. The van der Waals surface area contributed by atoms with Crippen molar-refractivity contribution in [3.8, 4) is 0 Å². The van der Waals surface area contributed by atoms with Crippen LogP contribution in [-0.2, 0) is 18.9 Å². The van der Waals surface area contributed by atoms with Crippen LogP contribution in [0.2, 0.25) is 0 Å². The van der Waals surface area contributed by atoms with Gasteiger partial charge in [0.2, 0.25) is 0 Å². The van der Waals surface area contributed by atoms with E-state index in [-0.39, 0.29) is 24.4 Å². The molecule has 0 rings (SSSR count). The molecule has 0 radical (unpaired) electrons. The van der Waals surface area contributed by atoms with Crippen molar-refractivity contribution >= 4 is 0 Å². The molecule has 6 nitrogen and oxygen atoms in total. The molecule has 98 valence electrons. The lowest BCUT2D eigenvalue weighted by molar-refractivity contribution is -0.144. The van der Waals surface area contributed by atoms with Crippen LogP contribution >= 0.6 is 0 Å². The van der Waals surface area contributed by atoms with Gasteiger partial charge in [-0.3, -0.25) is 0 Å². The van der Waals surface area contributed by atoms with Crippen molar-refractivity contribution in [1.82, 2.24) is 0 Å². The Balaban J connectivity index is 4.71. The second-order valence-corrected chi connectivity index (χ2v) is 3.42. The first-order valence-electron chi connectivity index (χ1n) is 5.21. The summed E-state index contributed by atoms with van der Waals surface area (Å²) in [7, 11) is 6.34. The highest BCUT2D eigenvalue weighted by atomic mass is 16.6. The summed E-state index contributed by atoms with van der Waals surface area (Å²) in [4.78, 5) is 0. The van der Waals surface area contributed by atoms with Crippen molar-refractivity contribution in [2.75, 3.05) is 41.5 Å². The summed E-state index contributed by atoms with van der Waals surface area (Å²) < 4.78 is 21.2. The molecule has 0 fully saturated rings. The van der Waals surface area contributed by atoms with E-state index in [0.29, 0.717) is 13.1 Å². The predicted octanol–water partition coefficient (Wildman–Crippen LogP) is -1.04. The Morgan fingerprint density at radius 1 is 0.688 bits per heavy atom. The molecule has 0 saturated heterocycles. The van der Waals surface area contributed by atoms with Crippen molar-refractivity contribution in [1.29, 1.82) is 0 Å². The van der Waals surface area contributed by atoms with Gasteiger partial charge in [-0.05, 0) is 0 Å². The van der Waals surface area contributed by atoms with E-state index in [2.05, 4.69) is 0 Å². The molecule has 0 aromatic carbocycles. The second-order valence-electron chi connectivity index (χ2n) is 3.42. The Hall–Kier alpha value is -0.240. The molecule has 0 spiro atoms. The van der Waals surface area contributed by atoms with Gasteiger partial charge in [-0.25, -0.2) is 0 Å². The highest BCUT2D eigenvalue weighted by Crippen LogP contribution is 2.14. The Bertz CT molecular complexity index is 145. The minimum absolute atomic E-state index is 0.251. The zero-order valence-corrected chi connectivity index (χ0v) is 10.5. The molecule has 0 unspecified atom stereocenters. The molecule has 0 aliphatic rings. The third kappa shape index (κ3) is 3.97. The van der Waals surface area contributed by atoms with Crippen LogP contribution in [0.5, 0.6) is 0 Å². The molecule has 4 atom stereocenters. The van der Waals surface area contributed by atoms with Crippen LogP contribution in [0, 0.1) is 0 Å². The normalized spacial score (nSPS) is 19.1. The summed E-state index contributed by atoms with van der Waals surface area (Å²) in [5, 5.41) is 0. The summed E-state index contributed by atoms with van der Waals surface area (Å²) >= 11 is 0. The van der Waals surface area contributed by atoms with Crippen LogP contribution in [0.3, 0.4) is 0 Å². The van der Waals surface area contributed by atoms with Crippen LogP contribution in [0.1, 0.15) is 0 Å². The highest BCUT2D eigenvalue weighted by molar-refractivity contribution is 4.86. The van der Waals surface area contributed by atoms with Crippen LogP contribution < -0.4 is 11.5 Å². The molecular weight excluding hydrogens is 212 g/mol. The Kier molecular flexibility index (Phi) is 8.73. The molecule has 16 heavy (non-hydrogen) atoms. The Morgan fingerprint density at radius 2 is 1.00 bits per heavy atom. The molecule has 0 amide bonds. The largest absolute Gasteiger partial charge is 0.377 e. The summed E-state index contributed by atoms with van der Waals surface area (Å²) in [6.45, 7) is 0.686. The number of rotatable bonds is 9. The lowest BCUT2D eigenvalue weighted by Crippen LogP contribution is -2.52. The average molecular weight is 236 g/mol. The summed E-state index contributed by atoms with van der Waals surface area (Å²) in [6.07, 6.45) is -1.12. The maximum Gasteiger partial charge on any atom is 0.113 e. The minimum atomic E-state index is -0.312. The zero-order valence-electron chi connectivity index (χ0n) is 10.5. The number of hydrogen-bond acceptors (Lipinski definition) is 6. The van der Waals surface area contributed by atoms with Gasteiger partial charge in [-0.1, -0.05) is 0 Å². The van der Waals surface area contributed by atoms with E-state index < -0.39 is 0 Å². The van der Waals surface area contributed by atoms with Crippen molar-refractivity contribution in [3.63, 3.8) is 0 Å². The lowest BCUT2D eigenvalue weighted by Gasteiger charge is -2.34. The van der Waals surface area contributed by atoms with E-state index in [0.717, 1.165) is 0 Å². The van der Waals surface area contributed by atoms with Gasteiger partial charge in [0, 0.05) is 41.5 Å². The number of ether oxygens (including phenoxy) is 4. The first-order valence-corrected chi connectivity index (χ1v) is 5.21. The fourth-order valence-corrected chi connectivity index (χ4v) is 1.72. The van der Waals surface area contributed by atoms with E-state index in [9.17, 15) is 0 Å². The van der Waals surface area contributed by atoms with Crippen LogP contribution in [-0.4, -0.2) is 65.9 Å². The molecule has 0 bridgehead atoms. The molecular formula is C10H24N2O4. The molecule has 0 aromatic heterocycles. The third-order valence-corrected chi connectivity index (χ3v) is 2.67. The summed E-state index contributed by atoms with van der Waals surface area (Å²) in [5.74, 6) is 0. The lowest BCUT2D eigenvalue weighted by atomic mass is 10.0. The maximum absolute atomic E-state index is 5.60. The molecule has 4 N–H and O–H groups in total. The Morgan fingerprint density at radius 3 is 1.12 bits per heavy atom.